The molecular formula is C14H16N2O. The van der Waals surface area contributed by atoms with Gasteiger partial charge in [0.15, 0.2) is 0 Å². The van der Waals surface area contributed by atoms with Gasteiger partial charge in [-0.05, 0) is 36.8 Å². The van der Waals surface area contributed by atoms with Gasteiger partial charge < -0.3 is 16.2 Å². The molecule has 2 rings (SSSR count). The molecule has 0 aliphatic carbocycles. The van der Waals surface area contributed by atoms with Gasteiger partial charge >= 0.3 is 0 Å². The van der Waals surface area contributed by atoms with Crippen molar-refractivity contribution in [1.82, 2.24) is 0 Å². The second-order valence-electron chi connectivity index (χ2n) is 3.80. The number of rotatable bonds is 3. The molecule has 0 heterocycles. The molecule has 2 aromatic rings. The zero-order valence-corrected chi connectivity index (χ0v) is 9.81. The number of anilines is 2. The van der Waals surface area contributed by atoms with Crippen LogP contribution in [0.25, 0.3) is 11.1 Å². The molecule has 0 unspecified atom stereocenters. The Bertz CT molecular complexity index is 506. The minimum atomic E-state index is 0.640. The highest BCUT2D eigenvalue weighted by Gasteiger charge is 2.04. The molecule has 0 bridgehead atoms. The van der Waals surface area contributed by atoms with Crippen molar-refractivity contribution in [1.29, 1.82) is 0 Å². The summed E-state index contributed by atoms with van der Waals surface area (Å²) in [5.41, 5.74) is 15.2. The first-order chi connectivity index (χ1) is 8.20. The zero-order chi connectivity index (χ0) is 12.3. The van der Waals surface area contributed by atoms with Crippen molar-refractivity contribution in [2.75, 3.05) is 18.1 Å². The molecule has 0 atom stereocenters. The normalized spacial score (nSPS) is 10.2. The van der Waals surface area contributed by atoms with Crippen LogP contribution in [0.2, 0.25) is 0 Å². The van der Waals surface area contributed by atoms with Gasteiger partial charge in [0, 0.05) is 23.0 Å². The van der Waals surface area contributed by atoms with Crippen LogP contribution < -0.4 is 16.2 Å². The number of benzene rings is 2. The molecule has 0 amide bonds. The SMILES string of the molecule is CCOc1ccc(-c2ccc(N)cc2)c(N)c1. The molecule has 0 fully saturated rings. The molecule has 4 N–H and O–H groups in total. The van der Waals surface area contributed by atoms with E-state index in [2.05, 4.69) is 0 Å². The lowest BCUT2D eigenvalue weighted by molar-refractivity contribution is 0.340. The molecule has 3 heteroatoms. The van der Waals surface area contributed by atoms with Crippen LogP contribution in [-0.4, -0.2) is 6.61 Å². The Labute approximate surface area is 101 Å². The summed E-state index contributed by atoms with van der Waals surface area (Å²) < 4.78 is 5.40. The van der Waals surface area contributed by atoms with Crippen molar-refractivity contribution in [3.63, 3.8) is 0 Å². The summed E-state index contributed by atoms with van der Waals surface area (Å²) in [6.45, 7) is 2.59. The first kappa shape index (κ1) is 11.3. The Hall–Kier alpha value is -2.16. The van der Waals surface area contributed by atoms with Gasteiger partial charge in [0.2, 0.25) is 0 Å². The average molecular weight is 228 g/mol. The molecule has 0 aliphatic heterocycles. The van der Waals surface area contributed by atoms with Crippen LogP contribution in [0.4, 0.5) is 11.4 Å². The predicted octanol–water partition coefficient (Wildman–Crippen LogP) is 2.92. The predicted molar refractivity (Wildman–Crippen MR) is 71.9 cm³/mol. The van der Waals surface area contributed by atoms with Crippen molar-refractivity contribution < 1.29 is 4.74 Å². The lowest BCUT2D eigenvalue weighted by Crippen LogP contribution is -1.95. The molecule has 2 aromatic carbocycles. The molecule has 0 radical (unpaired) electrons. The third kappa shape index (κ3) is 2.50. The van der Waals surface area contributed by atoms with E-state index in [-0.39, 0.29) is 0 Å². The van der Waals surface area contributed by atoms with E-state index >= 15 is 0 Å². The third-order valence-corrected chi connectivity index (χ3v) is 2.56. The molecule has 17 heavy (non-hydrogen) atoms. The number of nitrogens with two attached hydrogens (primary N) is 2. The molecule has 0 spiro atoms. The Morgan fingerprint density at radius 3 is 2.29 bits per heavy atom. The van der Waals surface area contributed by atoms with Crippen LogP contribution in [0, 0.1) is 0 Å². The second-order valence-corrected chi connectivity index (χ2v) is 3.80. The van der Waals surface area contributed by atoms with Gasteiger partial charge in [-0.25, -0.2) is 0 Å². The highest BCUT2D eigenvalue weighted by atomic mass is 16.5. The number of hydrogen-bond acceptors (Lipinski definition) is 3. The summed E-state index contributed by atoms with van der Waals surface area (Å²) in [6.07, 6.45) is 0. The Morgan fingerprint density at radius 2 is 1.71 bits per heavy atom. The third-order valence-electron chi connectivity index (χ3n) is 2.56. The minimum absolute atomic E-state index is 0.640. The van der Waals surface area contributed by atoms with Gasteiger partial charge in [-0.1, -0.05) is 12.1 Å². The molecule has 0 aliphatic rings. The van der Waals surface area contributed by atoms with Crippen molar-refractivity contribution in [2.24, 2.45) is 0 Å². The lowest BCUT2D eigenvalue weighted by Gasteiger charge is -2.09. The quantitative estimate of drug-likeness (QED) is 0.794. The summed E-state index contributed by atoms with van der Waals surface area (Å²) in [7, 11) is 0. The Kier molecular flexibility index (Phi) is 3.19. The monoisotopic (exact) mass is 228 g/mol. The second kappa shape index (κ2) is 4.78. The molecule has 0 aromatic heterocycles. The summed E-state index contributed by atoms with van der Waals surface area (Å²) in [4.78, 5) is 0. The topological polar surface area (TPSA) is 61.3 Å². The van der Waals surface area contributed by atoms with Gasteiger partial charge in [-0.3, -0.25) is 0 Å². The molecule has 88 valence electrons. The fraction of sp³-hybridized carbons (Fsp3) is 0.143. The maximum Gasteiger partial charge on any atom is 0.121 e. The molecule has 0 saturated heterocycles. The van der Waals surface area contributed by atoms with Crippen molar-refractivity contribution >= 4 is 11.4 Å². The first-order valence-corrected chi connectivity index (χ1v) is 5.59. The number of ether oxygens (including phenoxy) is 1. The first-order valence-electron chi connectivity index (χ1n) is 5.59. The van der Waals surface area contributed by atoms with Gasteiger partial charge in [0.25, 0.3) is 0 Å². The van der Waals surface area contributed by atoms with Crippen molar-refractivity contribution in [2.45, 2.75) is 6.92 Å². The Balaban J connectivity index is 2.36. The molecule has 0 saturated carbocycles. The Morgan fingerprint density at radius 1 is 1.00 bits per heavy atom. The molecule has 3 nitrogen and oxygen atoms in total. The minimum Gasteiger partial charge on any atom is -0.494 e. The maximum absolute atomic E-state index is 6.01. The average Bonchev–Trinajstić information content (AvgIpc) is 2.31. The highest BCUT2D eigenvalue weighted by molar-refractivity contribution is 5.78. The van der Waals surface area contributed by atoms with E-state index in [1.807, 2.05) is 49.4 Å². The molecular weight excluding hydrogens is 212 g/mol. The number of nitrogen functional groups attached to an aromatic ring is 2. The fourth-order valence-corrected chi connectivity index (χ4v) is 1.72. The van der Waals surface area contributed by atoms with E-state index in [1.54, 1.807) is 0 Å². The van der Waals surface area contributed by atoms with Crippen molar-refractivity contribution in [3.05, 3.63) is 42.5 Å². The van der Waals surface area contributed by atoms with Gasteiger partial charge in [-0.2, -0.15) is 0 Å². The van der Waals surface area contributed by atoms with Gasteiger partial charge in [-0.15, -0.1) is 0 Å². The van der Waals surface area contributed by atoms with Crippen LogP contribution in [-0.2, 0) is 0 Å². The van der Waals surface area contributed by atoms with Gasteiger partial charge in [0.05, 0.1) is 6.61 Å². The summed E-state index contributed by atoms with van der Waals surface area (Å²) in [5.74, 6) is 0.796. The van der Waals surface area contributed by atoms with E-state index in [0.29, 0.717) is 12.3 Å². The summed E-state index contributed by atoms with van der Waals surface area (Å²) >= 11 is 0. The van der Waals surface area contributed by atoms with E-state index in [0.717, 1.165) is 22.6 Å². The zero-order valence-electron chi connectivity index (χ0n) is 9.81. The largest absolute Gasteiger partial charge is 0.494 e. The highest BCUT2D eigenvalue weighted by Crippen LogP contribution is 2.29. The van der Waals surface area contributed by atoms with Crippen LogP contribution in [0.1, 0.15) is 6.92 Å². The summed E-state index contributed by atoms with van der Waals surface area (Å²) in [5, 5.41) is 0. The van der Waals surface area contributed by atoms with Crippen LogP contribution in [0.15, 0.2) is 42.5 Å². The lowest BCUT2D eigenvalue weighted by atomic mass is 10.0. The smallest absolute Gasteiger partial charge is 0.121 e. The summed E-state index contributed by atoms with van der Waals surface area (Å²) in [6, 6.07) is 13.4. The van der Waals surface area contributed by atoms with Gasteiger partial charge in [0.1, 0.15) is 5.75 Å². The fourth-order valence-electron chi connectivity index (χ4n) is 1.72. The van der Waals surface area contributed by atoms with E-state index in [1.165, 1.54) is 0 Å². The van der Waals surface area contributed by atoms with E-state index < -0.39 is 0 Å². The van der Waals surface area contributed by atoms with Crippen LogP contribution in [0.3, 0.4) is 0 Å². The van der Waals surface area contributed by atoms with Crippen LogP contribution in [0.5, 0.6) is 5.75 Å². The van der Waals surface area contributed by atoms with Crippen LogP contribution >= 0.6 is 0 Å². The van der Waals surface area contributed by atoms with E-state index in [4.69, 9.17) is 16.2 Å². The van der Waals surface area contributed by atoms with E-state index in [9.17, 15) is 0 Å². The standard InChI is InChI=1S/C14H16N2O/c1-2-17-12-7-8-13(14(16)9-12)10-3-5-11(15)6-4-10/h3-9H,2,15-16H2,1H3. The maximum atomic E-state index is 6.01. The van der Waals surface area contributed by atoms with Crippen molar-refractivity contribution in [3.8, 4) is 16.9 Å². The number of hydrogen-bond donors (Lipinski definition) is 2.